The second-order valence-electron chi connectivity index (χ2n) is 4.25. The van der Waals surface area contributed by atoms with Gasteiger partial charge in [-0.1, -0.05) is 23.7 Å². The third-order valence-corrected chi connectivity index (χ3v) is 4.46. The van der Waals surface area contributed by atoms with E-state index in [0.717, 1.165) is 11.6 Å². The summed E-state index contributed by atoms with van der Waals surface area (Å²) < 4.78 is 44.9. The first-order valence-electron chi connectivity index (χ1n) is 6.00. The largest absolute Gasteiger partial charge is 0.494 e. The Labute approximate surface area is 127 Å². The van der Waals surface area contributed by atoms with Gasteiger partial charge in [-0.15, -0.1) is 0 Å². The van der Waals surface area contributed by atoms with Crippen LogP contribution in [0.4, 0.5) is 4.39 Å². The van der Waals surface area contributed by atoms with E-state index < -0.39 is 15.8 Å². The van der Waals surface area contributed by atoms with Crippen LogP contribution in [0.3, 0.4) is 0 Å². The van der Waals surface area contributed by atoms with Crippen LogP contribution in [0.1, 0.15) is 5.56 Å². The van der Waals surface area contributed by atoms with Gasteiger partial charge in [0.15, 0.2) is 11.6 Å². The molecular weight excluding hydrogens is 317 g/mol. The third kappa shape index (κ3) is 3.93. The van der Waals surface area contributed by atoms with Gasteiger partial charge in [-0.2, -0.15) is 0 Å². The lowest BCUT2D eigenvalue weighted by molar-refractivity contribution is 0.385. The van der Waals surface area contributed by atoms with E-state index in [1.54, 1.807) is 24.3 Å². The quantitative estimate of drug-likeness (QED) is 0.917. The third-order valence-electron chi connectivity index (χ3n) is 2.81. The van der Waals surface area contributed by atoms with E-state index in [9.17, 15) is 12.8 Å². The first-order valence-corrected chi connectivity index (χ1v) is 7.86. The summed E-state index contributed by atoms with van der Waals surface area (Å²) >= 11 is 5.75. The van der Waals surface area contributed by atoms with Gasteiger partial charge in [0.25, 0.3) is 0 Å². The molecule has 0 aliphatic rings. The van der Waals surface area contributed by atoms with Crippen LogP contribution in [-0.2, 0) is 16.6 Å². The Balaban J connectivity index is 2.14. The van der Waals surface area contributed by atoms with Crippen LogP contribution in [0, 0.1) is 5.82 Å². The molecule has 0 aromatic heterocycles. The van der Waals surface area contributed by atoms with Crippen LogP contribution >= 0.6 is 11.6 Å². The van der Waals surface area contributed by atoms with E-state index in [2.05, 4.69) is 4.72 Å². The molecule has 0 spiro atoms. The number of methoxy groups -OCH3 is 1. The molecule has 112 valence electrons. The van der Waals surface area contributed by atoms with Gasteiger partial charge in [-0.25, -0.2) is 17.5 Å². The Morgan fingerprint density at radius 1 is 1.19 bits per heavy atom. The molecular formula is C14H13ClFNO3S. The number of benzene rings is 2. The molecule has 0 aliphatic heterocycles. The van der Waals surface area contributed by atoms with Crippen LogP contribution in [0.15, 0.2) is 47.4 Å². The number of rotatable bonds is 5. The normalized spacial score (nSPS) is 11.4. The average molecular weight is 330 g/mol. The number of sulfonamides is 1. The molecule has 0 heterocycles. The highest BCUT2D eigenvalue weighted by Crippen LogP contribution is 2.20. The zero-order valence-electron chi connectivity index (χ0n) is 11.1. The summed E-state index contributed by atoms with van der Waals surface area (Å²) in [6.07, 6.45) is 0. The monoisotopic (exact) mass is 329 g/mol. The maximum atomic E-state index is 13.6. The van der Waals surface area contributed by atoms with Crippen molar-refractivity contribution in [1.82, 2.24) is 4.72 Å². The van der Waals surface area contributed by atoms with Crippen LogP contribution in [0.2, 0.25) is 5.02 Å². The van der Waals surface area contributed by atoms with E-state index in [1.165, 1.54) is 19.2 Å². The lowest BCUT2D eigenvalue weighted by atomic mass is 10.2. The van der Waals surface area contributed by atoms with Crippen LogP contribution in [0.25, 0.3) is 0 Å². The molecule has 0 saturated heterocycles. The molecule has 0 aliphatic carbocycles. The van der Waals surface area contributed by atoms with Crippen molar-refractivity contribution < 1.29 is 17.5 Å². The van der Waals surface area contributed by atoms with Crippen LogP contribution in [-0.4, -0.2) is 15.5 Å². The molecule has 2 aromatic carbocycles. The van der Waals surface area contributed by atoms with E-state index in [-0.39, 0.29) is 17.2 Å². The van der Waals surface area contributed by atoms with E-state index in [1.807, 2.05) is 0 Å². The summed E-state index contributed by atoms with van der Waals surface area (Å²) in [5.41, 5.74) is 0.747. The number of hydrogen-bond donors (Lipinski definition) is 1. The van der Waals surface area contributed by atoms with Crippen molar-refractivity contribution in [3.05, 3.63) is 58.9 Å². The molecule has 0 unspecified atom stereocenters. The van der Waals surface area contributed by atoms with Crippen molar-refractivity contribution in [2.45, 2.75) is 11.4 Å². The molecule has 0 saturated carbocycles. The molecule has 2 aromatic rings. The number of halogens is 2. The smallest absolute Gasteiger partial charge is 0.240 e. The van der Waals surface area contributed by atoms with Crippen molar-refractivity contribution in [2.24, 2.45) is 0 Å². The minimum Gasteiger partial charge on any atom is -0.494 e. The minimum absolute atomic E-state index is 0.00773. The van der Waals surface area contributed by atoms with Gasteiger partial charge in [0.1, 0.15) is 0 Å². The van der Waals surface area contributed by atoms with Crippen molar-refractivity contribution >= 4 is 21.6 Å². The van der Waals surface area contributed by atoms with Crippen LogP contribution < -0.4 is 9.46 Å². The molecule has 7 heteroatoms. The summed E-state index contributed by atoms with van der Waals surface area (Å²) in [6, 6.07) is 10.2. The van der Waals surface area contributed by atoms with Gasteiger partial charge in [-0.3, -0.25) is 0 Å². The highest BCUT2D eigenvalue weighted by Gasteiger charge is 2.16. The predicted octanol–water partition coefficient (Wildman–Crippen LogP) is 2.97. The van der Waals surface area contributed by atoms with E-state index in [4.69, 9.17) is 16.3 Å². The second kappa shape index (κ2) is 6.43. The average Bonchev–Trinajstić information content (AvgIpc) is 2.46. The zero-order valence-corrected chi connectivity index (χ0v) is 12.7. The number of ether oxygens (including phenoxy) is 1. The maximum Gasteiger partial charge on any atom is 0.240 e. The summed E-state index contributed by atoms with van der Waals surface area (Å²) in [6.45, 7) is 0.0904. The number of hydrogen-bond acceptors (Lipinski definition) is 3. The molecule has 0 atom stereocenters. The standard InChI is InChI=1S/C14H13ClFNO3S/c1-20-14-7-6-12(8-13(14)16)21(18,19)17-9-10-2-4-11(15)5-3-10/h2-8,17H,9H2,1H3. The first-order chi connectivity index (χ1) is 9.92. The topological polar surface area (TPSA) is 55.4 Å². The predicted molar refractivity (Wildman–Crippen MR) is 78.4 cm³/mol. The first kappa shape index (κ1) is 15.8. The Morgan fingerprint density at radius 3 is 2.43 bits per heavy atom. The summed E-state index contributed by atoms with van der Waals surface area (Å²) in [7, 11) is -2.48. The van der Waals surface area contributed by atoms with E-state index >= 15 is 0 Å². The van der Waals surface area contributed by atoms with Gasteiger partial charge in [0.05, 0.1) is 12.0 Å². The van der Waals surface area contributed by atoms with Gasteiger partial charge >= 0.3 is 0 Å². The van der Waals surface area contributed by atoms with Gasteiger partial charge in [-0.05, 0) is 35.9 Å². The molecule has 0 bridgehead atoms. The summed E-state index contributed by atoms with van der Waals surface area (Å²) in [5.74, 6) is -0.737. The highest BCUT2D eigenvalue weighted by atomic mass is 35.5. The fourth-order valence-corrected chi connectivity index (χ4v) is 2.83. The number of nitrogens with one attached hydrogen (secondary N) is 1. The van der Waals surface area contributed by atoms with Crippen molar-refractivity contribution in [2.75, 3.05) is 7.11 Å². The van der Waals surface area contributed by atoms with Crippen LogP contribution in [0.5, 0.6) is 5.75 Å². The van der Waals surface area contributed by atoms with E-state index in [0.29, 0.717) is 5.02 Å². The Morgan fingerprint density at radius 2 is 1.86 bits per heavy atom. The Kier molecular flexibility index (Phi) is 4.82. The van der Waals surface area contributed by atoms with Crippen molar-refractivity contribution in [3.8, 4) is 5.75 Å². The fraction of sp³-hybridized carbons (Fsp3) is 0.143. The van der Waals surface area contributed by atoms with Crippen molar-refractivity contribution in [1.29, 1.82) is 0 Å². The minimum atomic E-state index is -3.79. The molecule has 4 nitrogen and oxygen atoms in total. The SMILES string of the molecule is COc1ccc(S(=O)(=O)NCc2ccc(Cl)cc2)cc1F. The van der Waals surface area contributed by atoms with Gasteiger partial charge < -0.3 is 4.74 Å². The van der Waals surface area contributed by atoms with Gasteiger partial charge in [0.2, 0.25) is 10.0 Å². The summed E-state index contributed by atoms with van der Waals surface area (Å²) in [5, 5.41) is 0.568. The molecule has 0 fully saturated rings. The van der Waals surface area contributed by atoms with Gasteiger partial charge in [0, 0.05) is 11.6 Å². The Hall–Kier alpha value is -1.63. The second-order valence-corrected chi connectivity index (χ2v) is 6.45. The van der Waals surface area contributed by atoms with Crippen molar-refractivity contribution in [3.63, 3.8) is 0 Å². The molecule has 1 N–H and O–H groups in total. The lowest BCUT2D eigenvalue weighted by Gasteiger charge is -2.08. The molecule has 2 rings (SSSR count). The molecule has 21 heavy (non-hydrogen) atoms. The lowest BCUT2D eigenvalue weighted by Crippen LogP contribution is -2.23. The fourth-order valence-electron chi connectivity index (χ4n) is 1.68. The maximum absolute atomic E-state index is 13.6. The Bertz CT molecular complexity index is 732. The zero-order chi connectivity index (χ0) is 15.5. The molecule has 0 amide bonds. The molecule has 0 radical (unpaired) electrons. The summed E-state index contributed by atoms with van der Waals surface area (Å²) in [4.78, 5) is -0.158. The highest BCUT2D eigenvalue weighted by molar-refractivity contribution is 7.89.